The van der Waals surface area contributed by atoms with E-state index in [-0.39, 0.29) is 0 Å². The van der Waals surface area contributed by atoms with Gasteiger partial charge in [0.05, 0.1) is 0 Å². The van der Waals surface area contributed by atoms with Crippen LogP contribution in [-0.4, -0.2) is 0 Å². The van der Waals surface area contributed by atoms with Gasteiger partial charge < -0.3 is 0 Å². The van der Waals surface area contributed by atoms with Crippen molar-refractivity contribution < 1.29 is 0 Å². The Kier molecular flexibility index (Phi) is 6.26. The van der Waals surface area contributed by atoms with Crippen LogP contribution in [0.3, 0.4) is 0 Å². The SMILES string of the molecule is CC(c1ccccc1)c1cccc2ccccc12.c1ccc2c(c1)ccc1c3c(ccc12)CCCC3. The predicted molar refractivity (Wildman–Crippen MR) is 156 cm³/mol. The van der Waals surface area contributed by atoms with E-state index < -0.39 is 0 Å². The third-order valence-electron chi connectivity index (χ3n) is 7.85. The van der Waals surface area contributed by atoms with Crippen LogP contribution in [0, 0.1) is 0 Å². The fraction of sp³-hybridized carbons (Fsp3) is 0.167. The molecule has 36 heavy (non-hydrogen) atoms. The highest BCUT2D eigenvalue weighted by Crippen LogP contribution is 2.33. The summed E-state index contributed by atoms with van der Waals surface area (Å²) < 4.78 is 0. The lowest BCUT2D eigenvalue weighted by Crippen LogP contribution is -2.02. The van der Waals surface area contributed by atoms with Crippen LogP contribution in [0.2, 0.25) is 0 Å². The van der Waals surface area contributed by atoms with E-state index in [9.17, 15) is 0 Å². The van der Waals surface area contributed by atoms with Crippen molar-refractivity contribution in [2.45, 2.75) is 38.5 Å². The summed E-state index contributed by atoms with van der Waals surface area (Å²) in [6.07, 6.45) is 5.22. The van der Waals surface area contributed by atoms with Crippen LogP contribution < -0.4 is 0 Å². The van der Waals surface area contributed by atoms with Crippen LogP contribution in [0.15, 0.2) is 121 Å². The van der Waals surface area contributed by atoms with Gasteiger partial charge in [0.15, 0.2) is 0 Å². The van der Waals surface area contributed by atoms with E-state index in [1.807, 2.05) is 0 Å². The third kappa shape index (κ3) is 4.29. The summed E-state index contributed by atoms with van der Waals surface area (Å²) in [5.41, 5.74) is 5.95. The molecule has 0 spiro atoms. The lowest BCUT2D eigenvalue weighted by Gasteiger charge is -2.18. The minimum absolute atomic E-state index is 0.428. The number of benzene rings is 6. The van der Waals surface area contributed by atoms with Gasteiger partial charge in [0.25, 0.3) is 0 Å². The molecule has 6 aromatic carbocycles. The Morgan fingerprint density at radius 3 is 1.94 bits per heavy atom. The van der Waals surface area contributed by atoms with Gasteiger partial charge in [0.2, 0.25) is 0 Å². The third-order valence-corrected chi connectivity index (χ3v) is 7.85. The van der Waals surface area contributed by atoms with Crippen LogP contribution in [0.4, 0.5) is 0 Å². The number of aryl methyl sites for hydroxylation is 2. The van der Waals surface area contributed by atoms with Gasteiger partial charge in [-0.25, -0.2) is 0 Å². The molecule has 0 N–H and O–H groups in total. The van der Waals surface area contributed by atoms with Crippen molar-refractivity contribution in [3.63, 3.8) is 0 Å². The standard InChI is InChI=1S/2C18H16/c1-3-7-15-13(5-1)9-11-18-16-8-4-2-6-14(16)10-12-17(15)18;1-14(15-8-3-2-4-9-15)17-13-7-11-16-10-5-6-12-18(16)17/h1,3,5,7,9-12H,2,4,6,8H2;2-14H,1H3. The van der Waals surface area contributed by atoms with E-state index >= 15 is 0 Å². The van der Waals surface area contributed by atoms with E-state index in [2.05, 4.69) is 128 Å². The van der Waals surface area contributed by atoms with Gasteiger partial charge in [-0.1, -0.05) is 128 Å². The maximum absolute atomic E-state index is 2.35. The average Bonchev–Trinajstić information content (AvgIpc) is 2.97. The van der Waals surface area contributed by atoms with Gasteiger partial charge in [0.1, 0.15) is 0 Å². The fourth-order valence-electron chi connectivity index (χ4n) is 5.89. The Morgan fingerprint density at radius 2 is 1.11 bits per heavy atom. The summed E-state index contributed by atoms with van der Waals surface area (Å²) in [5, 5.41) is 8.32. The number of fused-ring (bicyclic) bond motifs is 6. The molecule has 0 heteroatoms. The van der Waals surface area contributed by atoms with Crippen LogP contribution >= 0.6 is 0 Å². The smallest absolute Gasteiger partial charge is 0.00671 e. The second-order valence-electron chi connectivity index (χ2n) is 9.99. The minimum Gasteiger partial charge on any atom is -0.0622 e. The van der Waals surface area contributed by atoms with Gasteiger partial charge in [0, 0.05) is 5.92 Å². The summed E-state index contributed by atoms with van der Waals surface area (Å²) in [6, 6.07) is 43.8. The molecular weight excluding hydrogens is 432 g/mol. The molecule has 1 aliphatic carbocycles. The van der Waals surface area contributed by atoms with Gasteiger partial charge >= 0.3 is 0 Å². The topological polar surface area (TPSA) is 0 Å². The second kappa shape index (κ2) is 9.99. The minimum atomic E-state index is 0.428. The Labute approximate surface area is 214 Å². The normalized spacial score (nSPS) is 13.7. The lowest BCUT2D eigenvalue weighted by molar-refractivity contribution is 0.690. The Hall–Kier alpha value is -3.90. The number of rotatable bonds is 2. The molecule has 1 aliphatic rings. The molecule has 176 valence electrons. The molecule has 0 radical (unpaired) electrons. The molecule has 7 rings (SSSR count). The van der Waals surface area contributed by atoms with Crippen molar-refractivity contribution in [1.82, 2.24) is 0 Å². The molecule has 0 heterocycles. The largest absolute Gasteiger partial charge is 0.0622 e. The molecule has 1 atom stereocenters. The first-order chi connectivity index (χ1) is 17.8. The molecule has 0 aliphatic heterocycles. The van der Waals surface area contributed by atoms with Crippen molar-refractivity contribution in [2.75, 3.05) is 0 Å². The summed E-state index contributed by atoms with van der Waals surface area (Å²) in [4.78, 5) is 0. The van der Waals surface area contributed by atoms with Gasteiger partial charge in [-0.3, -0.25) is 0 Å². The highest BCUT2D eigenvalue weighted by Gasteiger charge is 2.13. The van der Waals surface area contributed by atoms with Crippen LogP contribution in [0.25, 0.3) is 32.3 Å². The Bertz CT molecular complexity index is 1640. The van der Waals surface area contributed by atoms with Crippen molar-refractivity contribution in [3.8, 4) is 0 Å². The van der Waals surface area contributed by atoms with Gasteiger partial charge in [-0.05, 0) is 80.3 Å². The number of hydrogen-bond acceptors (Lipinski definition) is 0. The second-order valence-corrected chi connectivity index (χ2v) is 9.99. The highest BCUT2D eigenvalue weighted by molar-refractivity contribution is 6.08. The highest BCUT2D eigenvalue weighted by atomic mass is 14.2. The van der Waals surface area contributed by atoms with Crippen molar-refractivity contribution >= 4 is 32.3 Å². The summed E-state index contributed by atoms with van der Waals surface area (Å²) >= 11 is 0. The lowest BCUT2D eigenvalue weighted by atomic mass is 9.86. The van der Waals surface area contributed by atoms with Crippen LogP contribution in [-0.2, 0) is 12.8 Å². The molecule has 0 aromatic heterocycles. The molecular formula is C36H32. The van der Waals surface area contributed by atoms with Crippen molar-refractivity contribution in [2.24, 2.45) is 0 Å². The maximum atomic E-state index is 2.35. The van der Waals surface area contributed by atoms with Gasteiger partial charge in [-0.15, -0.1) is 0 Å². The molecule has 0 nitrogen and oxygen atoms in total. The molecule has 0 saturated carbocycles. The maximum Gasteiger partial charge on any atom is 0.00671 e. The molecule has 0 fully saturated rings. The number of hydrogen-bond donors (Lipinski definition) is 0. The monoisotopic (exact) mass is 464 g/mol. The molecule has 0 bridgehead atoms. The first-order valence-corrected chi connectivity index (χ1v) is 13.2. The molecule has 6 aromatic rings. The van der Waals surface area contributed by atoms with Crippen molar-refractivity contribution in [1.29, 1.82) is 0 Å². The Balaban J connectivity index is 0.000000133. The molecule has 1 unspecified atom stereocenters. The predicted octanol–water partition coefficient (Wildman–Crippen LogP) is 9.86. The first-order valence-electron chi connectivity index (χ1n) is 13.2. The average molecular weight is 465 g/mol. The van der Waals surface area contributed by atoms with Crippen LogP contribution in [0.5, 0.6) is 0 Å². The zero-order valence-corrected chi connectivity index (χ0v) is 21.0. The summed E-state index contributed by atoms with van der Waals surface area (Å²) in [6.45, 7) is 2.27. The van der Waals surface area contributed by atoms with Gasteiger partial charge in [-0.2, -0.15) is 0 Å². The zero-order chi connectivity index (χ0) is 24.3. The first kappa shape index (κ1) is 22.6. The Morgan fingerprint density at radius 1 is 0.472 bits per heavy atom. The molecule has 0 amide bonds. The fourth-order valence-corrected chi connectivity index (χ4v) is 5.89. The van der Waals surface area contributed by atoms with E-state index in [0.29, 0.717) is 5.92 Å². The van der Waals surface area contributed by atoms with E-state index in [1.165, 1.54) is 69.1 Å². The summed E-state index contributed by atoms with van der Waals surface area (Å²) in [5.74, 6) is 0.428. The zero-order valence-electron chi connectivity index (χ0n) is 21.0. The van der Waals surface area contributed by atoms with Crippen molar-refractivity contribution in [3.05, 3.63) is 144 Å². The van der Waals surface area contributed by atoms with Crippen LogP contribution in [0.1, 0.15) is 47.9 Å². The van der Waals surface area contributed by atoms with E-state index in [0.717, 1.165) is 0 Å². The molecule has 0 saturated heterocycles. The van der Waals surface area contributed by atoms with E-state index in [4.69, 9.17) is 0 Å². The van der Waals surface area contributed by atoms with E-state index in [1.54, 1.807) is 11.1 Å². The quantitative estimate of drug-likeness (QED) is 0.224. The summed E-state index contributed by atoms with van der Waals surface area (Å²) in [7, 11) is 0.